The van der Waals surface area contributed by atoms with E-state index in [2.05, 4.69) is 76.1 Å². The molecule has 0 amide bonds. The molecule has 0 heterocycles. The Kier molecular flexibility index (Phi) is 6.70. The van der Waals surface area contributed by atoms with E-state index < -0.39 is 0 Å². The van der Waals surface area contributed by atoms with Gasteiger partial charge >= 0.3 is 0 Å². The lowest BCUT2D eigenvalue weighted by Gasteiger charge is -2.35. The molecule has 0 unspecified atom stereocenters. The molecule has 20 heavy (non-hydrogen) atoms. The number of nitrogens with one attached hydrogen (secondary N) is 1. The minimum absolute atomic E-state index is 0.253. The Morgan fingerprint density at radius 1 is 1.15 bits per heavy atom. The third-order valence-electron chi connectivity index (χ3n) is 4.37. The Balaban J connectivity index is 2.70. The van der Waals surface area contributed by atoms with Gasteiger partial charge in [0.1, 0.15) is 0 Å². The van der Waals surface area contributed by atoms with Crippen molar-refractivity contribution in [2.45, 2.75) is 65.6 Å². The van der Waals surface area contributed by atoms with Crippen molar-refractivity contribution in [3.63, 3.8) is 0 Å². The second-order valence-electron chi connectivity index (χ2n) is 6.65. The molecule has 0 fully saturated rings. The van der Waals surface area contributed by atoms with Crippen molar-refractivity contribution in [3.05, 3.63) is 35.4 Å². The smallest absolute Gasteiger partial charge is 0.0238 e. The predicted molar refractivity (Wildman–Crippen MR) is 89.1 cm³/mol. The summed E-state index contributed by atoms with van der Waals surface area (Å²) >= 11 is 0. The summed E-state index contributed by atoms with van der Waals surface area (Å²) in [6.45, 7) is 13.4. The van der Waals surface area contributed by atoms with Crippen molar-refractivity contribution < 1.29 is 0 Å². The molecule has 0 spiro atoms. The van der Waals surface area contributed by atoms with Crippen LogP contribution in [0.3, 0.4) is 0 Å². The second kappa shape index (κ2) is 7.80. The number of hydrogen-bond acceptors (Lipinski definition) is 2. The first kappa shape index (κ1) is 17.2. The average molecular weight is 276 g/mol. The molecule has 2 nitrogen and oxygen atoms in total. The van der Waals surface area contributed by atoms with Crippen LogP contribution in [0.2, 0.25) is 0 Å². The summed E-state index contributed by atoms with van der Waals surface area (Å²) in [6, 6.07) is 9.40. The third kappa shape index (κ3) is 5.26. The maximum absolute atomic E-state index is 3.50. The van der Waals surface area contributed by atoms with Gasteiger partial charge in [0.25, 0.3) is 0 Å². The topological polar surface area (TPSA) is 15.3 Å². The van der Waals surface area contributed by atoms with Gasteiger partial charge in [-0.3, -0.25) is 4.90 Å². The second-order valence-corrected chi connectivity index (χ2v) is 6.65. The average Bonchev–Trinajstić information content (AvgIpc) is 2.40. The molecule has 0 aromatic heterocycles. The van der Waals surface area contributed by atoms with Gasteiger partial charge in [0, 0.05) is 18.1 Å². The van der Waals surface area contributed by atoms with Gasteiger partial charge < -0.3 is 5.32 Å². The van der Waals surface area contributed by atoms with Crippen molar-refractivity contribution in [1.29, 1.82) is 0 Å². The minimum Gasteiger partial charge on any atom is -0.314 e. The summed E-state index contributed by atoms with van der Waals surface area (Å²) in [5.74, 6) is 0. The summed E-state index contributed by atoms with van der Waals surface area (Å²) in [6.07, 6.45) is 2.27. The molecule has 0 atom stereocenters. The molecule has 0 saturated heterocycles. The molecule has 1 rings (SSSR count). The summed E-state index contributed by atoms with van der Waals surface area (Å²) in [5, 5.41) is 3.50. The van der Waals surface area contributed by atoms with Crippen LogP contribution in [0, 0.1) is 0 Å². The first-order valence-corrected chi connectivity index (χ1v) is 7.88. The molecule has 0 bridgehead atoms. The van der Waals surface area contributed by atoms with Crippen molar-refractivity contribution in [2.24, 2.45) is 0 Å². The van der Waals surface area contributed by atoms with Gasteiger partial charge in [0.05, 0.1) is 0 Å². The van der Waals surface area contributed by atoms with E-state index in [-0.39, 0.29) is 5.54 Å². The van der Waals surface area contributed by atoms with Crippen LogP contribution in [-0.2, 0) is 13.0 Å². The zero-order valence-corrected chi connectivity index (χ0v) is 14.2. The number of benzene rings is 1. The first-order chi connectivity index (χ1) is 9.36. The van der Waals surface area contributed by atoms with Crippen molar-refractivity contribution >= 4 is 0 Å². The summed E-state index contributed by atoms with van der Waals surface area (Å²) in [4.78, 5) is 2.46. The van der Waals surface area contributed by atoms with Crippen LogP contribution in [0.5, 0.6) is 0 Å². The van der Waals surface area contributed by atoms with E-state index in [0.29, 0.717) is 6.04 Å². The van der Waals surface area contributed by atoms with Crippen LogP contribution in [0.25, 0.3) is 0 Å². The highest BCUT2D eigenvalue weighted by atomic mass is 15.2. The molecular formula is C18H32N2. The molecule has 0 aliphatic carbocycles. The van der Waals surface area contributed by atoms with E-state index >= 15 is 0 Å². The fraction of sp³-hybridized carbons (Fsp3) is 0.667. The molecule has 0 aliphatic rings. The number of hydrogen-bond donors (Lipinski definition) is 1. The van der Waals surface area contributed by atoms with Gasteiger partial charge in [-0.15, -0.1) is 0 Å². The highest BCUT2D eigenvalue weighted by molar-refractivity contribution is 5.27. The highest BCUT2D eigenvalue weighted by Gasteiger charge is 2.21. The molecule has 2 heteroatoms. The van der Waals surface area contributed by atoms with Crippen LogP contribution >= 0.6 is 0 Å². The summed E-state index contributed by atoms with van der Waals surface area (Å²) < 4.78 is 0. The fourth-order valence-corrected chi connectivity index (χ4v) is 2.19. The van der Waals surface area contributed by atoms with Gasteiger partial charge in [-0.2, -0.15) is 0 Å². The Hall–Kier alpha value is -0.860. The van der Waals surface area contributed by atoms with Gasteiger partial charge in [-0.05, 0) is 51.4 Å². The quantitative estimate of drug-likeness (QED) is 0.776. The van der Waals surface area contributed by atoms with Crippen LogP contribution in [0.1, 0.15) is 52.2 Å². The van der Waals surface area contributed by atoms with Crippen LogP contribution < -0.4 is 5.32 Å². The van der Waals surface area contributed by atoms with Crippen LogP contribution in [0.15, 0.2) is 24.3 Å². The molecule has 114 valence electrons. The van der Waals surface area contributed by atoms with E-state index in [9.17, 15) is 0 Å². The molecular weight excluding hydrogens is 244 g/mol. The SMILES string of the molecule is CCC(C)(C)N(C)Cc1ccccc1CCNC(C)C. The van der Waals surface area contributed by atoms with Gasteiger partial charge in [-0.25, -0.2) is 0 Å². The first-order valence-electron chi connectivity index (χ1n) is 7.88. The van der Waals surface area contributed by atoms with E-state index in [1.165, 1.54) is 17.5 Å². The Morgan fingerprint density at radius 3 is 2.30 bits per heavy atom. The van der Waals surface area contributed by atoms with E-state index in [4.69, 9.17) is 0 Å². The normalized spacial score (nSPS) is 12.4. The lowest BCUT2D eigenvalue weighted by Crippen LogP contribution is -2.40. The van der Waals surface area contributed by atoms with E-state index in [0.717, 1.165) is 19.5 Å². The molecule has 1 aromatic carbocycles. The van der Waals surface area contributed by atoms with Gasteiger partial charge in [0.2, 0.25) is 0 Å². The van der Waals surface area contributed by atoms with Crippen LogP contribution in [0.4, 0.5) is 0 Å². The maximum atomic E-state index is 3.50. The zero-order valence-electron chi connectivity index (χ0n) is 14.2. The number of rotatable bonds is 8. The van der Waals surface area contributed by atoms with E-state index in [1.54, 1.807) is 0 Å². The lowest BCUT2D eigenvalue weighted by molar-refractivity contribution is 0.142. The Morgan fingerprint density at radius 2 is 1.75 bits per heavy atom. The van der Waals surface area contributed by atoms with Crippen LogP contribution in [-0.4, -0.2) is 30.1 Å². The molecule has 1 N–H and O–H groups in total. The zero-order chi connectivity index (χ0) is 15.2. The lowest BCUT2D eigenvalue weighted by atomic mass is 9.97. The molecule has 1 aromatic rings. The van der Waals surface area contributed by atoms with Gasteiger partial charge in [0.15, 0.2) is 0 Å². The van der Waals surface area contributed by atoms with Gasteiger partial charge in [-0.1, -0.05) is 45.0 Å². The third-order valence-corrected chi connectivity index (χ3v) is 4.37. The molecule has 0 saturated carbocycles. The molecule has 0 radical (unpaired) electrons. The number of nitrogens with zero attached hydrogens (tertiary/aromatic N) is 1. The van der Waals surface area contributed by atoms with E-state index in [1.807, 2.05) is 0 Å². The summed E-state index contributed by atoms with van der Waals surface area (Å²) in [5.41, 5.74) is 3.19. The maximum Gasteiger partial charge on any atom is 0.0238 e. The predicted octanol–water partition coefficient (Wildman–Crippen LogP) is 3.85. The van der Waals surface area contributed by atoms with Crippen molar-refractivity contribution in [2.75, 3.05) is 13.6 Å². The van der Waals surface area contributed by atoms with Crippen molar-refractivity contribution in [1.82, 2.24) is 10.2 Å². The fourth-order valence-electron chi connectivity index (χ4n) is 2.19. The Bertz CT molecular complexity index is 396. The monoisotopic (exact) mass is 276 g/mol. The van der Waals surface area contributed by atoms with Crippen molar-refractivity contribution in [3.8, 4) is 0 Å². The Labute approximate surface area is 125 Å². The minimum atomic E-state index is 0.253. The largest absolute Gasteiger partial charge is 0.314 e. The highest BCUT2D eigenvalue weighted by Crippen LogP contribution is 2.21. The molecule has 0 aliphatic heterocycles. The standard InChI is InChI=1S/C18H32N2/c1-7-18(4,5)20(6)14-17-11-9-8-10-16(17)12-13-19-15(2)3/h8-11,15,19H,7,12-14H2,1-6H3. The summed E-state index contributed by atoms with van der Waals surface area (Å²) in [7, 11) is 2.23.